The standard InChI is InChI=1S/C27H33N3O9/c1-10-11-8-7-9-12(31)14(11)19(32)15-13(10)21(39-25(37)29-26(2,3)4)17-18(30(5)6)20(33)16(24(28)36)23(35)27(17,38)22(15)34/h7-10,13,17-18,21,31-32,35,38H,1-6H3,(H2,28,36)(H,29,37)/t10-,13+,17+,18-,21-,27-/m0/s1. The van der Waals surface area contributed by atoms with Crippen LogP contribution in [0.25, 0.3) is 5.76 Å². The molecule has 6 atom stereocenters. The average Bonchev–Trinajstić information content (AvgIpc) is 2.79. The number of primary amides is 1. The van der Waals surface area contributed by atoms with E-state index in [1.807, 2.05) is 0 Å². The number of nitrogens with one attached hydrogen (secondary N) is 1. The number of benzene rings is 1. The number of fused-ring (bicyclic) bond motifs is 3. The molecule has 1 aromatic carbocycles. The molecule has 1 fully saturated rings. The van der Waals surface area contributed by atoms with Crippen LogP contribution in [0.3, 0.4) is 0 Å². The maximum absolute atomic E-state index is 14.1. The van der Waals surface area contributed by atoms with E-state index in [0.29, 0.717) is 5.56 Å². The number of carbonyl (C=O) groups is 4. The first kappa shape index (κ1) is 28.1. The number of hydrogen-bond donors (Lipinski definition) is 6. The molecular weight excluding hydrogens is 510 g/mol. The van der Waals surface area contributed by atoms with Gasteiger partial charge in [0.05, 0.1) is 17.5 Å². The Bertz CT molecular complexity index is 1360. The van der Waals surface area contributed by atoms with Gasteiger partial charge in [0.25, 0.3) is 5.91 Å². The van der Waals surface area contributed by atoms with Crippen molar-refractivity contribution in [2.24, 2.45) is 17.6 Å². The first-order valence-corrected chi connectivity index (χ1v) is 12.4. The van der Waals surface area contributed by atoms with Crippen molar-refractivity contribution in [3.8, 4) is 5.75 Å². The van der Waals surface area contributed by atoms with Gasteiger partial charge in [0.2, 0.25) is 5.78 Å². The maximum atomic E-state index is 14.1. The molecule has 12 heteroatoms. The number of hydrogen-bond acceptors (Lipinski definition) is 10. The lowest BCUT2D eigenvalue weighted by atomic mass is 9.54. The van der Waals surface area contributed by atoms with E-state index in [1.54, 1.807) is 39.8 Å². The maximum Gasteiger partial charge on any atom is 0.407 e. The van der Waals surface area contributed by atoms with Crippen molar-refractivity contribution < 1.29 is 44.3 Å². The number of nitrogens with two attached hydrogens (primary N) is 1. The second-order valence-corrected chi connectivity index (χ2v) is 11.5. The molecule has 3 aliphatic carbocycles. The van der Waals surface area contributed by atoms with Crippen molar-refractivity contribution >= 4 is 29.3 Å². The van der Waals surface area contributed by atoms with Gasteiger partial charge in [-0.15, -0.1) is 0 Å². The average molecular weight is 544 g/mol. The number of amides is 2. The number of phenolic OH excluding ortho intramolecular Hbond substituents is 1. The Kier molecular flexibility index (Phi) is 6.56. The number of aromatic hydroxyl groups is 1. The molecule has 0 aromatic heterocycles. The molecule has 0 heterocycles. The third-order valence-electron chi connectivity index (χ3n) is 7.69. The topological polar surface area (TPSA) is 200 Å². The lowest BCUT2D eigenvalue weighted by Gasteiger charge is -2.54. The van der Waals surface area contributed by atoms with Crippen molar-refractivity contribution in [2.45, 2.75) is 56.9 Å². The van der Waals surface area contributed by atoms with Gasteiger partial charge in [0.1, 0.15) is 28.9 Å². The second kappa shape index (κ2) is 9.09. The van der Waals surface area contributed by atoms with Gasteiger partial charge in [-0.05, 0) is 52.4 Å². The smallest absolute Gasteiger partial charge is 0.407 e. The number of aliphatic hydroxyl groups excluding tert-OH is 2. The molecule has 210 valence electrons. The molecule has 0 aliphatic heterocycles. The minimum absolute atomic E-state index is 0.0563. The SMILES string of the molecule is C[C@H]1c2cccc(O)c2C(O)=C2C(=O)[C@]3(O)C(O)=C(C(N)=O)C(=O)[C@@H](N(C)C)[C@@H]3[C@@H](OC(=O)NC(C)(C)C)[C@@H]21. The summed E-state index contributed by atoms with van der Waals surface area (Å²) in [4.78, 5) is 54.3. The molecule has 1 saturated carbocycles. The monoisotopic (exact) mass is 543 g/mol. The molecule has 0 unspecified atom stereocenters. The first-order valence-electron chi connectivity index (χ1n) is 12.4. The van der Waals surface area contributed by atoms with E-state index in [1.165, 1.54) is 25.1 Å². The van der Waals surface area contributed by atoms with Crippen LogP contribution in [0.15, 0.2) is 35.1 Å². The highest BCUT2D eigenvalue weighted by atomic mass is 16.6. The van der Waals surface area contributed by atoms with Crippen LogP contribution in [0.5, 0.6) is 5.75 Å². The van der Waals surface area contributed by atoms with Crippen LogP contribution in [-0.2, 0) is 19.1 Å². The van der Waals surface area contributed by atoms with E-state index in [0.717, 1.165) is 0 Å². The molecule has 4 rings (SSSR count). The Morgan fingerprint density at radius 2 is 1.74 bits per heavy atom. The van der Waals surface area contributed by atoms with Crippen molar-refractivity contribution in [3.63, 3.8) is 0 Å². The second-order valence-electron chi connectivity index (χ2n) is 11.5. The van der Waals surface area contributed by atoms with E-state index < -0.39 is 87.3 Å². The van der Waals surface area contributed by atoms with Crippen LogP contribution < -0.4 is 11.1 Å². The van der Waals surface area contributed by atoms with Crippen molar-refractivity contribution in [1.29, 1.82) is 0 Å². The molecular formula is C27H33N3O9. The molecule has 39 heavy (non-hydrogen) atoms. The van der Waals surface area contributed by atoms with Gasteiger partial charge in [0, 0.05) is 17.0 Å². The fourth-order valence-corrected chi connectivity index (χ4v) is 6.15. The minimum Gasteiger partial charge on any atom is -0.508 e. The van der Waals surface area contributed by atoms with Crippen LogP contribution in [0.2, 0.25) is 0 Å². The molecule has 0 spiro atoms. The zero-order chi connectivity index (χ0) is 29.4. The van der Waals surface area contributed by atoms with Gasteiger partial charge in [-0.3, -0.25) is 19.3 Å². The number of likely N-dealkylation sites (N-methyl/N-ethyl adjacent to an activating group) is 1. The number of phenols is 1. The normalized spacial score (nSPS) is 30.5. The van der Waals surface area contributed by atoms with E-state index in [9.17, 15) is 39.6 Å². The lowest BCUT2D eigenvalue weighted by molar-refractivity contribution is -0.169. The van der Waals surface area contributed by atoms with Crippen LogP contribution in [0.1, 0.15) is 44.7 Å². The molecule has 0 bridgehead atoms. The van der Waals surface area contributed by atoms with Gasteiger partial charge < -0.3 is 36.2 Å². The van der Waals surface area contributed by atoms with Gasteiger partial charge in [-0.2, -0.15) is 0 Å². The lowest BCUT2D eigenvalue weighted by Crippen LogP contribution is -2.71. The van der Waals surface area contributed by atoms with E-state index in [-0.39, 0.29) is 11.3 Å². The summed E-state index contributed by atoms with van der Waals surface area (Å²) in [5.41, 5.74) is 0.628. The summed E-state index contributed by atoms with van der Waals surface area (Å²) in [6, 6.07) is 3.04. The summed E-state index contributed by atoms with van der Waals surface area (Å²) in [6.45, 7) is 6.80. The predicted molar refractivity (Wildman–Crippen MR) is 137 cm³/mol. The number of ketones is 2. The van der Waals surface area contributed by atoms with Gasteiger partial charge >= 0.3 is 6.09 Å². The quantitative estimate of drug-likeness (QED) is 0.299. The summed E-state index contributed by atoms with van der Waals surface area (Å²) < 4.78 is 5.86. The zero-order valence-electron chi connectivity index (χ0n) is 22.5. The number of rotatable bonds is 3. The van der Waals surface area contributed by atoms with Crippen LogP contribution in [0.4, 0.5) is 4.79 Å². The molecule has 0 saturated heterocycles. The molecule has 3 aliphatic rings. The molecule has 12 nitrogen and oxygen atoms in total. The molecule has 0 radical (unpaired) electrons. The van der Waals surface area contributed by atoms with E-state index >= 15 is 0 Å². The number of nitrogens with zero attached hydrogens (tertiary/aromatic N) is 1. The largest absolute Gasteiger partial charge is 0.508 e. The highest BCUT2D eigenvalue weighted by Gasteiger charge is 2.69. The van der Waals surface area contributed by atoms with Crippen molar-refractivity contribution in [2.75, 3.05) is 14.1 Å². The van der Waals surface area contributed by atoms with Crippen molar-refractivity contribution in [1.82, 2.24) is 10.2 Å². The Labute approximate surface area is 224 Å². The Morgan fingerprint density at radius 3 is 2.28 bits per heavy atom. The number of aliphatic hydroxyl groups is 3. The summed E-state index contributed by atoms with van der Waals surface area (Å²) in [7, 11) is 2.92. The molecule has 2 amide bonds. The van der Waals surface area contributed by atoms with Gasteiger partial charge in [0.15, 0.2) is 11.4 Å². The molecule has 7 N–H and O–H groups in total. The Balaban J connectivity index is 2.07. The van der Waals surface area contributed by atoms with Gasteiger partial charge in [-0.1, -0.05) is 19.1 Å². The summed E-state index contributed by atoms with van der Waals surface area (Å²) in [5.74, 6) is -9.24. The number of Topliss-reactive ketones (excluding diaryl/α,β-unsaturated/α-hetero) is 2. The molecule has 1 aromatic rings. The van der Waals surface area contributed by atoms with E-state index in [4.69, 9.17) is 10.5 Å². The summed E-state index contributed by atoms with van der Waals surface area (Å²) in [5, 5.41) is 47.6. The van der Waals surface area contributed by atoms with E-state index in [2.05, 4.69) is 5.32 Å². The Hall–Kier alpha value is -3.90. The fraction of sp³-hybridized carbons (Fsp3) is 0.481. The van der Waals surface area contributed by atoms with Crippen LogP contribution >= 0.6 is 0 Å². The number of alkyl carbamates (subject to hydrolysis) is 1. The van der Waals surface area contributed by atoms with Crippen LogP contribution in [-0.4, -0.2) is 86.3 Å². The van der Waals surface area contributed by atoms with Crippen molar-refractivity contribution in [3.05, 3.63) is 46.2 Å². The third-order valence-corrected chi connectivity index (χ3v) is 7.69. The highest BCUT2D eigenvalue weighted by molar-refractivity contribution is 6.24. The summed E-state index contributed by atoms with van der Waals surface area (Å²) >= 11 is 0. The van der Waals surface area contributed by atoms with Crippen LogP contribution in [0, 0.1) is 11.8 Å². The summed E-state index contributed by atoms with van der Waals surface area (Å²) in [6.07, 6.45) is -2.42. The van der Waals surface area contributed by atoms with Gasteiger partial charge in [-0.25, -0.2) is 4.79 Å². The zero-order valence-corrected chi connectivity index (χ0v) is 22.5. The minimum atomic E-state index is -2.98. The number of carbonyl (C=O) groups excluding carboxylic acids is 4. The number of ether oxygens (including phenoxy) is 1. The third kappa shape index (κ3) is 4.05. The highest BCUT2D eigenvalue weighted by Crippen LogP contribution is 2.56. The first-order chi connectivity index (χ1) is 17.9. The Morgan fingerprint density at radius 1 is 1.13 bits per heavy atom. The predicted octanol–water partition coefficient (Wildman–Crippen LogP) is 1.03. The fourth-order valence-electron chi connectivity index (χ4n) is 6.15.